The van der Waals surface area contributed by atoms with Crippen LogP contribution in [0.25, 0.3) is 16.7 Å². The Balaban J connectivity index is 1.48. The number of hydrogen-bond donors (Lipinski definition) is 1. The quantitative estimate of drug-likeness (QED) is 0.584. The third kappa shape index (κ3) is 3.49. The number of benzene rings is 2. The summed E-state index contributed by atoms with van der Waals surface area (Å²) in [6, 6.07) is 13.9. The van der Waals surface area contributed by atoms with Crippen LogP contribution >= 0.6 is 0 Å². The van der Waals surface area contributed by atoms with Crippen LogP contribution in [-0.2, 0) is 17.8 Å². The Labute approximate surface area is 157 Å². The van der Waals surface area contributed by atoms with E-state index in [0.29, 0.717) is 13.0 Å². The predicted molar refractivity (Wildman–Crippen MR) is 105 cm³/mol. The maximum atomic E-state index is 12.5. The van der Waals surface area contributed by atoms with E-state index in [0.717, 1.165) is 27.8 Å². The Morgan fingerprint density at radius 3 is 2.74 bits per heavy atom. The van der Waals surface area contributed by atoms with Crippen LogP contribution in [0.3, 0.4) is 0 Å². The molecule has 0 atom stereocenters. The Morgan fingerprint density at radius 1 is 1.11 bits per heavy atom. The maximum absolute atomic E-state index is 12.5. The molecule has 0 fully saturated rings. The van der Waals surface area contributed by atoms with Crippen molar-refractivity contribution < 1.29 is 9.21 Å². The molecule has 0 bridgehead atoms. The number of furan rings is 1. The van der Waals surface area contributed by atoms with E-state index in [2.05, 4.69) is 30.3 Å². The highest BCUT2D eigenvalue weighted by molar-refractivity contribution is 5.88. The minimum Gasteiger partial charge on any atom is -0.464 e. The molecule has 0 saturated heterocycles. The van der Waals surface area contributed by atoms with Crippen molar-refractivity contribution in [2.24, 2.45) is 0 Å². The highest BCUT2D eigenvalue weighted by Gasteiger charge is 2.12. The first kappa shape index (κ1) is 17.1. The van der Waals surface area contributed by atoms with E-state index in [1.165, 1.54) is 11.1 Å². The fourth-order valence-corrected chi connectivity index (χ4v) is 3.20. The summed E-state index contributed by atoms with van der Waals surface area (Å²) in [6.07, 6.45) is 5.60. The number of aryl methyl sites for hydroxylation is 2. The number of aromatic nitrogens is 2. The molecule has 5 heteroatoms. The number of rotatable bonds is 5. The first-order chi connectivity index (χ1) is 13.1. The zero-order chi connectivity index (χ0) is 18.8. The molecule has 5 nitrogen and oxygen atoms in total. The monoisotopic (exact) mass is 359 g/mol. The molecule has 0 unspecified atom stereocenters. The molecule has 0 aliphatic heterocycles. The summed E-state index contributed by atoms with van der Waals surface area (Å²) in [6.45, 7) is 4.57. The molecule has 0 spiro atoms. The molecule has 27 heavy (non-hydrogen) atoms. The number of carbonyl (C=O) groups excluding carboxylic acids is 1. The van der Waals surface area contributed by atoms with Gasteiger partial charge >= 0.3 is 0 Å². The lowest BCUT2D eigenvalue weighted by molar-refractivity contribution is -0.120. The summed E-state index contributed by atoms with van der Waals surface area (Å²) in [4.78, 5) is 12.5. The summed E-state index contributed by atoms with van der Waals surface area (Å²) in [5.74, 6) is -0.0359. The van der Waals surface area contributed by atoms with E-state index >= 15 is 0 Å². The topological polar surface area (TPSA) is 60.1 Å². The van der Waals surface area contributed by atoms with Gasteiger partial charge in [-0.25, -0.2) is 4.68 Å². The Hall–Kier alpha value is -3.34. The van der Waals surface area contributed by atoms with E-state index in [1.54, 1.807) is 17.1 Å². The van der Waals surface area contributed by atoms with Crippen molar-refractivity contribution in [3.63, 3.8) is 0 Å². The first-order valence-corrected chi connectivity index (χ1v) is 8.94. The van der Waals surface area contributed by atoms with Gasteiger partial charge in [0, 0.05) is 29.9 Å². The molecule has 2 aromatic heterocycles. The molecule has 2 heterocycles. The normalized spacial score (nSPS) is 11.0. The standard InChI is InChI=1S/C22H21N3O2/c1-15-10-19-18(14-27-21(19)11-16(15)2)12-22(26)23-13-17-6-3-4-7-20(17)25-9-5-8-24-25/h3-11,14H,12-13H2,1-2H3,(H,23,26). The summed E-state index contributed by atoms with van der Waals surface area (Å²) in [5, 5.41) is 8.29. The van der Waals surface area contributed by atoms with Crippen LogP contribution in [0.2, 0.25) is 0 Å². The molecule has 2 aromatic carbocycles. The Morgan fingerprint density at radius 2 is 1.93 bits per heavy atom. The SMILES string of the molecule is Cc1cc2occ(CC(=O)NCc3ccccc3-n3cccn3)c2cc1C. The predicted octanol–water partition coefficient (Wildman–Crippen LogP) is 4.09. The van der Waals surface area contributed by atoms with Gasteiger partial charge in [0.05, 0.1) is 18.4 Å². The van der Waals surface area contributed by atoms with Gasteiger partial charge in [-0.2, -0.15) is 5.10 Å². The Bertz CT molecular complexity index is 1090. The third-order valence-electron chi connectivity index (χ3n) is 4.84. The third-order valence-corrected chi connectivity index (χ3v) is 4.84. The number of amides is 1. The fraction of sp³-hybridized carbons (Fsp3) is 0.182. The molecule has 0 radical (unpaired) electrons. The second kappa shape index (κ2) is 7.11. The lowest BCUT2D eigenvalue weighted by Gasteiger charge is -2.10. The van der Waals surface area contributed by atoms with Crippen LogP contribution in [-0.4, -0.2) is 15.7 Å². The zero-order valence-corrected chi connectivity index (χ0v) is 15.4. The Kier molecular flexibility index (Phi) is 4.50. The summed E-state index contributed by atoms with van der Waals surface area (Å²) >= 11 is 0. The summed E-state index contributed by atoms with van der Waals surface area (Å²) in [5.41, 5.74) is 6.08. The fourth-order valence-electron chi connectivity index (χ4n) is 3.20. The largest absolute Gasteiger partial charge is 0.464 e. The van der Waals surface area contributed by atoms with Crippen molar-refractivity contribution >= 4 is 16.9 Å². The average molecular weight is 359 g/mol. The van der Waals surface area contributed by atoms with Crippen molar-refractivity contribution in [3.05, 3.63) is 83.4 Å². The number of carbonyl (C=O) groups is 1. The van der Waals surface area contributed by atoms with Gasteiger partial charge in [0.1, 0.15) is 5.58 Å². The molecule has 4 aromatic rings. The van der Waals surface area contributed by atoms with Crippen LogP contribution in [0.5, 0.6) is 0 Å². The van der Waals surface area contributed by atoms with Gasteiger partial charge in [-0.15, -0.1) is 0 Å². The van der Waals surface area contributed by atoms with Gasteiger partial charge in [-0.3, -0.25) is 4.79 Å². The summed E-state index contributed by atoms with van der Waals surface area (Å²) < 4.78 is 7.43. The number of nitrogens with zero attached hydrogens (tertiary/aromatic N) is 2. The van der Waals surface area contributed by atoms with Crippen LogP contribution < -0.4 is 5.32 Å². The minimum atomic E-state index is -0.0359. The van der Waals surface area contributed by atoms with E-state index in [-0.39, 0.29) is 5.91 Å². The van der Waals surface area contributed by atoms with Gasteiger partial charge in [0.15, 0.2) is 0 Å². The molecule has 4 rings (SSSR count). The second-order valence-corrected chi connectivity index (χ2v) is 6.73. The van der Waals surface area contributed by atoms with Crippen molar-refractivity contribution in [2.75, 3.05) is 0 Å². The molecule has 0 aliphatic rings. The van der Waals surface area contributed by atoms with Crippen LogP contribution in [0, 0.1) is 13.8 Å². The lowest BCUT2D eigenvalue weighted by atomic mass is 10.0. The van der Waals surface area contributed by atoms with Crippen molar-refractivity contribution in [1.82, 2.24) is 15.1 Å². The minimum absolute atomic E-state index is 0.0359. The molecule has 136 valence electrons. The summed E-state index contributed by atoms with van der Waals surface area (Å²) in [7, 11) is 0. The van der Waals surface area contributed by atoms with E-state index < -0.39 is 0 Å². The highest BCUT2D eigenvalue weighted by Crippen LogP contribution is 2.25. The zero-order valence-electron chi connectivity index (χ0n) is 15.4. The number of nitrogens with one attached hydrogen (secondary N) is 1. The number of fused-ring (bicyclic) bond motifs is 1. The highest BCUT2D eigenvalue weighted by atomic mass is 16.3. The lowest BCUT2D eigenvalue weighted by Crippen LogP contribution is -2.25. The maximum Gasteiger partial charge on any atom is 0.224 e. The van der Waals surface area contributed by atoms with Crippen molar-refractivity contribution in [3.8, 4) is 5.69 Å². The van der Waals surface area contributed by atoms with Gasteiger partial charge in [0.25, 0.3) is 0 Å². The molecule has 0 aliphatic carbocycles. The molecule has 0 saturated carbocycles. The molecule has 1 N–H and O–H groups in total. The average Bonchev–Trinajstić information content (AvgIpc) is 3.32. The van der Waals surface area contributed by atoms with E-state index in [4.69, 9.17) is 4.42 Å². The first-order valence-electron chi connectivity index (χ1n) is 8.94. The van der Waals surface area contributed by atoms with Crippen molar-refractivity contribution in [1.29, 1.82) is 0 Å². The van der Waals surface area contributed by atoms with Crippen LogP contribution in [0.15, 0.2) is 65.5 Å². The van der Waals surface area contributed by atoms with Crippen LogP contribution in [0.1, 0.15) is 22.3 Å². The van der Waals surface area contributed by atoms with Crippen LogP contribution in [0.4, 0.5) is 0 Å². The number of para-hydroxylation sites is 1. The molecule has 1 amide bonds. The van der Waals surface area contributed by atoms with Gasteiger partial charge < -0.3 is 9.73 Å². The molecular formula is C22H21N3O2. The number of hydrogen-bond acceptors (Lipinski definition) is 3. The van der Waals surface area contributed by atoms with Gasteiger partial charge in [-0.05, 0) is 54.8 Å². The van der Waals surface area contributed by atoms with Crippen molar-refractivity contribution in [2.45, 2.75) is 26.8 Å². The van der Waals surface area contributed by atoms with E-state index in [1.807, 2.05) is 42.6 Å². The van der Waals surface area contributed by atoms with E-state index in [9.17, 15) is 4.79 Å². The van der Waals surface area contributed by atoms with Gasteiger partial charge in [0.2, 0.25) is 5.91 Å². The second-order valence-electron chi connectivity index (χ2n) is 6.73. The van der Waals surface area contributed by atoms with Gasteiger partial charge in [-0.1, -0.05) is 18.2 Å². The smallest absolute Gasteiger partial charge is 0.224 e. The molecular weight excluding hydrogens is 338 g/mol.